The number of carbonyl (C=O) groups excluding carboxylic acids is 1. The summed E-state index contributed by atoms with van der Waals surface area (Å²) in [5.41, 5.74) is 0.106. The van der Waals surface area contributed by atoms with Crippen LogP contribution in [0.1, 0.15) is 23.7 Å². The highest BCUT2D eigenvalue weighted by Gasteiger charge is 2.17. The Labute approximate surface area is 98.9 Å². The average Bonchev–Trinajstić information content (AvgIpc) is 2.29. The van der Waals surface area contributed by atoms with E-state index in [1.54, 1.807) is 6.08 Å². The number of hydrogen-bond donors (Lipinski definition) is 0. The van der Waals surface area contributed by atoms with E-state index in [1.807, 2.05) is 0 Å². The Kier molecular flexibility index (Phi) is 4.39. The second-order valence-electron chi connectivity index (χ2n) is 3.42. The van der Waals surface area contributed by atoms with Crippen molar-refractivity contribution in [2.24, 2.45) is 0 Å². The molecule has 0 unspecified atom stereocenters. The van der Waals surface area contributed by atoms with E-state index in [9.17, 15) is 14.9 Å². The van der Waals surface area contributed by atoms with Gasteiger partial charge in [-0.2, -0.15) is 0 Å². The fourth-order valence-electron chi connectivity index (χ4n) is 1.25. The van der Waals surface area contributed by atoms with E-state index in [1.165, 1.54) is 25.1 Å². The SMILES string of the molecule is C=CCCOc1ccc(C(C)=O)cc1[N+](=O)[O-]. The van der Waals surface area contributed by atoms with Crippen LogP contribution in [0.25, 0.3) is 0 Å². The highest BCUT2D eigenvalue weighted by atomic mass is 16.6. The fourth-order valence-corrected chi connectivity index (χ4v) is 1.25. The van der Waals surface area contributed by atoms with Gasteiger partial charge in [0.25, 0.3) is 0 Å². The maximum Gasteiger partial charge on any atom is 0.311 e. The molecule has 0 atom stereocenters. The van der Waals surface area contributed by atoms with E-state index in [0.717, 1.165) is 0 Å². The zero-order chi connectivity index (χ0) is 12.8. The zero-order valence-corrected chi connectivity index (χ0v) is 9.51. The summed E-state index contributed by atoms with van der Waals surface area (Å²) in [6, 6.07) is 4.18. The topological polar surface area (TPSA) is 69.4 Å². The van der Waals surface area contributed by atoms with Crippen LogP contribution in [0.4, 0.5) is 5.69 Å². The number of benzene rings is 1. The second-order valence-corrected chi connectivity index (χ2v) is 3.42. The van der Waals surface area contributed by atoms with E-state index in [4.69, 9.17) is 4.74 Å². The first-order valence-corrected chi connectivity index (χ1v) is 5.09. The molecule has 1 rings (SSSR count). The first-order chi connectivity index (χ1) is 8.06. The number of nitro groups is 1. The van der Waals surface area contributed by atoms with Crippen LogP contribution in [0.15, 0.2) is 30.9 Å². The average molecular weight is 235 g/mol. The maximum absolute atomic E-state index is 11.1. The van der Waals surface area contributed by atoms with Crippen LogP contribution in [0.2, 0.25) is 0 Å². The quantitative estimate of drug-likeness (QED) is 0.250. The second kappa shape index (κ2) is 5.79. The molecule has 0 aromatic heterocycles. The summed E-state index contributed by atoms with van der Waals surface area (Å²) < 4.78 is 5.25. The van der Waals surface area contributed by atoms with E-state index in [0.29, 0.717) is 18.6 Å². The molecule has 0 amide bonds. The van der Waals surface area contributed by atoms with Crippen molar-refractivity contribution in [3.8, 4) is 5.75 Å². The fraction of sp³-hybridized carbons (Fsp3) is 0.250. The Morgan fingerprint density at radius 2 is 2.29 bits per heavy atom. The minimum atomic E-state index is -0.560. The predicted molar refractivity (Wildman–Crippen MR) is 63.4 cm³/mol. The van der Waals surface area contributed by atoms with Crippen LogP contribution < -0.4 is 4.74 Å². The van der Waals surface area contributed by atoms with Crippen LogP contribution in [-0.2, 0) is 0 Å². The molecule has 0 spiro atoms. The Morgan fingerprint density at radius 3 is 2.82 bits per heavy atom. The van der Waals surface area contributed by atoms with Crippen LogP contribution in [-0.4, -0.2) is 17.3 Å². The van der Waals surface area contributed by atoms with Gasteiger partial charge in [0.2, 0.25) is 0 Å². The Bertz CT molecular complexity index is 454. The molecular weight excluding hydrogens is 222 g/mol. The number of carbonyl (C=O) groups is 1. The molecule has 5 heteroatoms. The highest BCUT2D eigenvalue weighted by Crippen LogP contribution is 2.28. The van der Waals surface area contributed by atoms with E-state index in [2.05, 4.69) is 6.58 Å². The zero-order valence-electron chi connectivity index (χ0n) is 9.51. The molecule has 0 aliphatic heterocycles. The molecule has 0 fully saturated rings. The Morgan fingerprint density at radius 1 is 1.59 bits per heavy atom. The van der Waals surface area contributed by atoms with Gasteiger partial charge in [0.1, 0.15) is 0 Å². The number of rotatable bonds is 6. The van der Waals surface area contributed by atoms with Crippen LogP contribution >= 0.6 is 0 Å². The predicted octanol–water partition coefficient (Wildman–Crippen LogP) is 2.75. The van der Waals surface area contributed by atoms with E-state index < -0.39 is 4.92 Å². The van der Waals surface area contributed by atoms with Crippen molar-refractivity contribution in [2.45, 2.75) is 13.3 Å². The lowest BCUT2D eigenvalue weighted by atomic mass is 10.1. The molecule has 0 aliphatic carbocycles. The third-order valence-corrected chi connectivity index (χ3v) is 2.14. The van der Waals surface area contributed by atoms with Crippen LogP contribution in [0.5, 0.6) is 5.75 Å². The lowest BCUT2D eigenvalue weighted by Gasteiger charge is -2.06. The number of Topliss-reactive ketones (excluding diaryl/α,β-unsaturated/α-hetero) is 1. The van der Waals surface area contributed by atoms with Crippen LogP contribution in [0, 0.1) is 10.1 Å². The molecule has 0 heterocycles. The monoisotopic (exact) mass is 235 g/mol. The lowest BCUT2D eigenvalue weighted by molar-refractivity contribution is -0.385. The summed E-state index contributed by atoms with van der Waals surface area (Å²) in [4.78, 5) is 21.4. The molecule has 0 N–H and O–H groups in total. The van der Waals surface area contributed by atoms with Gasteiger partial charge in [0.15, 0.2) is 11.5 Å². The summed E-state index contributed by atoms with van der Waals surface area (Å²) >= 11 is 0. The third-order valence-electron chi connectivity index (χ3n) is 2.14. The summed E-state index contributed by atoms with van der Waals surface area (Å²) in [7, 11) is 0. The van der Waals surface area contributed by atoms with Crippen molar-refractivity contribution in [3.05, 3.63) is 46.5 Å². The summed E-state index contributed by atoms with van der Waals surface area (Å²) in [6.07, 6.45) is 2.27. The third kappa shape index (κ3) is 3.41. The number of nitro benzene ring substituents is 1. The van der Waals surface area contributed by atoms with E-state index >= 15 is 0 Å². The van der Waals surface area contributed by atoms with Gasteiger partial charge in [0, 0.05) is 11.6 Å². The van der Waals surface area contributed by atoms with Gasteiger partial charge in [0.05, 0.1) is 11.5 Å². The van der Waals surface area contributed by atoms with Crippen molar-refractivity contribution in [1.82, 2.24) is 0 Å². The summed E-state index contributed by atoms with van der Waals surface area (Å²) in [5, 5.41) is 10.8. The van der Waals surface area contributed by atoms with Gasteiger partial charge in [-0.05, 0) is 25.5 Å². The van der Waals surface area contributed by atoms with Gasteiger partial charge >= 0.3 is 5.69 Å². The van der Waals surface area contributed by atoms with Crippen molar-refractivity contribution in [3.63, 3.8) is 0 Å². The lowest BCUT2D eigenvalue weighted by Crippen LogP contribution is -2.01. The highest BCUT2D eigenvalue weighted by molar-refractivity contribution is 5.95. The molecule has 5 nitrogen and oxygen atoms in total. The van der Waals surface area contributed by atoms with Crippen LogP contribution in [0.3, 0.4) is 0 Å². The van der Waals surface area contributed by atoms with Gasteiger partial charge in [-0.3, -0.25) is 14.9 Å². The minimum absolute atomic E-state index is 0.168. The minimum Gasteiger partial charge on any atom is -0.486 e. The number of ketones is 1. The molecular formula is C12H13NO4. The number of ether oxygens (including phenoxy) is 1. The smallest absolute Gasteiger partial charge is 0.311 e. The van der Waals surface area contributed by atoms with Gasteiger partial charge in [-0.25, -0.2) is 0 Å². The molecule has 90 valence electrons. The number of nitrogens with zero attached hydrogens (tertiary/aromatic N) is 1. The van der Waals surface area contributed by atoms with Crippen molar-refractivity contribution in [2.75, 3.05) is 6.61 Å². The molecule has 1 aromatic rings. The van der Waals surface area contributed by atoms with Crippen molar-refractivity contribution >= 4 is 11.5 Å². The molecule has 0 bridgehead atoms. The standard InChI is InChI=1S/C12H13NO4/c1-3-4-7-17-12-6-5-10(9(2)14)8-11(12)13(15)16/h3,5-6,8H,1,4,7H2,2H3. The Balaban J connectivity index is 3.00. The molecule has 0 radical (unpaired) electrons. The molecule has 0 aliphatic rings. The van der Waals surface area contributed by atoms with Gasteiger partial charge < -0.3 is 4.74 Å². The molecule has 17 heavy (non-hydrogen) atoms. The largest absolute Gasteiger partial charge is 0.486 e. The van der Waals surface area contributed by atoms with Crippen molar-refractivity contribution in [1.29, 1.82) is 0 Å². The molecule has 0 saturated carbocycles. The van der Waals surface area contributed by atoms with Gasteiger partial charge in [-0.1, -0.05) is 6.08 Å². The normalized spacial score (nSPS) is 9.71. The Hall–Kier alpha value is -2.17. The van der Waals surface area contributed by atoms with E-state index in [-0.39, 0.29) is 17.2 Å². The molecule has 1 aromatic carbocycles. The molecule has 0 saturated heterocycles. The first kappa shape index (κ1) is 12.9. The van der Waals surface area contributed by atoms with Crippen molar-refractivity contribution < 1.29 is 14.5 Å². The maximum atomic E-state index is 11.1. The number of hydrogen-bond acceptors (Lipinski definition) is 4. The summed E-state index contributed by atoms with van der Waals surface area (Å²) in [6.45, 7) is 5.21. The first-order valence-electron chi connectivity index (χ1n) is 5.09. The van der Waals surface area contributed by atoms with Gasteiger partial charge in [-0.15, -0.1) is 6.58 Å². The summed E-state index contributed by atoms with van der Waals surface area (Å²) in [5.74, 6) is -0.0485.